The fraction of sp³-hybridized carbons (Fsp3) is 0.829. The third kappa shape index (κ3) is 16.9. The fourth-order valence-corrected chi connectivity index (χ4v) is 6.65. The number of hydrogen-bond acceptors (Lipinski definition) is 8. The van der Waals surface area contributed by atoms with E-state index in [1.807, 2.05) is 13.8 Å². The second-order valence-corrected chi connectivity index (χ2v) is 13.0. The van der Waals surface area contributed by atoms with Gasteiger partial charge in [-0.15, -0.1) is 0 Å². The maximum atomic E-state index is 11.2. The van der Waals surface area contributed by atoms with Crippen LogP contribution in [0.4, 0.5) is 9.59 Å². The first kappa shape index (κ1) is 38.4. The van der Waals surface area contributed by atoms with Crippen molar-refractivity contribution in [2.45, 2.75) is 111 Å². The van der Waals surface area contributed by atoms with E-state index in [0.29, 0.717) is 69.6 Å². The van der Waals surface area contributed by atoms with Crippen molar-refractivity contribution in [2.75, 3.05) is 39.5 Å². The van der Waals surface area contributed by atoms with E-state index in [1.165, 1.54) is 17.9 Å². The first-order valence-electron chi connectivity index (χ1n) is 17.5. The number of esters is 2. The molecule has 4 rings (SSSR count). The summed E-state index contributed by atoms with van der Waals surface area (Å²) in [7, 11) is 0. The molecule has 0 heterocycles. The van der Waals surface area contributed by atoms with Gasteiger partial charge in [-0.05, 0) is 107 Å². The maximum Gasteiger partial charge on any atom is 0.407 e. The minimum absolute atomic E-state index is 0.123. The van der Waals surface area contributed by atoms with Crippen LogP contribution in [0.3, 0.4) is 0 Å². The van der Waals surface area contributed by atoms with Gasteiger partial charge in [0.1, 0.15) is 0 Å². The molecule has 2 N–H and O–H groups in total. The summed E-state index contributed by atoms with van der Waals surface area (Å²) >= 11 is 0. The van der Waals surface area contributed by atoms with Crippen LogP contribution in [0.2, 0.25) is 0 Å². The monoisotopic (exact) mass is 636 g/mol. The van der Waals surface area contributed by atoms with E-state index in [9.17, 15) is 19.2 Å². The van der Waals surface area contributed by atoms with Crippen LogP contribution in [-0.4, -0.2) is 63.6 Å². The number of rotatable bonds is 12. The SMILES string of the molecule is C1CC2CCC1C2.C=CC(=O)OCC1CCC(COC(=O)NCC)CC1.CCNC(=O)OCC1CCC(COC(=O)CC)CC1. The van der Waals surface area contributed by atoms with Crippen LogP contribution in [0.1, 0.15) is 111 Å². The molecule has 258 valence electrons. The van der Waals surface area contributed by atoms with E-state index in [-0.39, 0.29) is 24.1 Å². The lowest BCUT2D eigenvalue weighted by atomic mass is 9.83. The zero-order valence-electron chi connectivity index (χ0n) is 28.2. The predicted octanol–water partition coefficient (Wildman–Crippen LogP) is 6.96. The van der Waals surface area contributed by atoms with E-state index in [0.717, 1.165) is 51.4 Å². The van der Waals surface area contributed by atoms with Gasteiger partial charge in [-0.25, -0.2) is 14.4 Å². The predicted molar refractivity (Wildman–Crippen MR) is 173 cm³/mol. The van der Waals surface area contributed by atoms with Crippen LogP contribution < -0.4 is 10.6 Å². The molecule has 2 bridgehead atoms. The molecule has 0 atom stereocenters. The lowest BCUT2D eigenvalue weighted by Crippen LogP contribution is -2.28. The number of amides is 2. The van der Waals surface area contributed by atoms with Crippen LogP contribution >= 0.6 is 0 Å². The van der Waals surface area contributed by atoms with Crippen molar-refractivity contribution < 1.29 is 38.1 Å². The highest BCUT2D eigenvalue weighted by Crippen LogP contribution is 2.43. The number of alkyl carbamates (subject to hydrolysis) is 2. The highest BCUT2D eigenvalue weighted by molar-refractivity contribution is 5.81. The smallest absolute Gasteiger partial charge is 0.407 e. The average Bonchev–Trinajstić information content (AvgIpc) is 3.73. The molecule has 2 amide bonds. The van der Waals surface area contributed by atoms with Gasteiger partial charge in [-0.3, -0.25) is 4.79 Å². The number of nitrogens with one attached hydrogen (secondary N) is 2. The number of carbonyl (C=O) groups excluding carboxylic acids is 4. The summed E-state index contributed by atoms with van der Waals surface area (Å²) in [5, 5.41) is 5.22. The summed E-state index contributed by atoms with van der Waals surface area (Å²) in [5.41, 5.74) is 0. The van der Waals surface area contributed by atoms with Gasteiger partial charge in [-0.2, -0.15) is 0 Å². The topological polar surface area (TPSA) is 129 Å². The Morgan fingerprint density at radius 2 is 0.933 bits per heavy atom. The molecule has 4 aliphatic rings. The first-order chi connectivity index (χ1) is 21.8. The normalized spacial score (nSPS) is 26.5. The third-order valence-corrected chi connectivity index (χ3v) is 9.50. The van der Waals surface area contributed by atoms with Crippen LogP contribution in [0, 0.1) is 35.5 Å². The Labute approximate surface area is 271 Å². The molecule has 0 aromatic carbocycles. The molecule has 0 aliphatic heterocycles. The maximum absolute atomic E-state index is 11.2. The number of ether oxygens (including phenoxy) is 4. The molecule has 4 fully saturated rings. The Hall–Kier alpha value is -2.78. The second-order valence-electron chi connectivity index (χ2n) is 13.0. The molecular weight excluding hydrogens is 576 g/mol. The summed E-state index contributed by atoms with van der Waals surface area (Å²) in [6.45, 7) is 12.0. The van der Waals surface area contributed by atoms with E-state index < -0.39 is 0 Å². The highest BCUT2D eigenvalue weighted by atomic mass is 16.6. The molecule has 0 spiro atoms. The first-order valence-corrected chi connectivity index (χ1v) is 17.5. The standard InChI is InChI=1S/C14H25NO4.C14H23NO4.C7H12/c2*1-3-13(16)18-9-11-5-7-12(8-6-11)10-19-14(17)15-4-2;1-2-7-4-3-6(1)5-7/h11-12H,3-10H2,1-2H3,(H,15,17);3,11-12H,1,4-10H2,2H3,(H,15,17);6-7H,1-5H2. The van der Waals surface area contributed by atoms with Crippen molar-refractivity contribution in [1.82, 2.24) is 10.6 Å². The summed E-state index contributed by atoms with van der Waals surface area (Å²) < 4.78 is 20.5. The number of carbonyl (C=O) groups is 4. The van der Waals surface area contributed by atoms with Crippen molar-refractivity contribution in [2.24, 2.45) is 35.5 Å². The summed E-state index contributed by atoms with van der Waals surface area (Å²) in [4.78, 5) is 44.4. The van der Waals surface area contributed by atoms with Crippen LogP contribution in [0.15, 0.2) is 12.7 Å². The van der Waals surface area contributed by atoms with Crippen LogP contribution in [0.5, 0.6) is 0 Å². The van der Waals surface area contributed by atoms with E-state index >= 15 is 0 Å². The minimum Gasteiger partial charge on any atom is -0.465 e. The van der Waals surface area contributed by atoms with Crippen molar-refractivity contribution in [3.8, 4) is 0 Å². The fourth-order valence-electron chi connectivity index (χ4n) is 6.65. The molecule has 45 heavy (non-hydrogen) atoms. The van der Waals surface area contributed by atoms with Gasteiger partial charge in [-0.1, -0.05) is 39.2 Å². The Morgan fingerprint density at radius 1 is 0.578 bits per heavy atom. The Balaban J connectivity index is 0.000000256. The molecule has 0 radical (unpaired) electrons. The Kier molecular flexibility index (Phi) is 19.4. The molecule has 0 aromatic heterocycles. The minimum atomic E-state index is -0.360. The quantitative estimate of drug-likeness (QED) is 0.134. The van der Waals surface area contributed by atoms with Crippen LogP contribution in [-0.2, 0) is 28.5 Å². The van der Waals surface area contributed by atoms with Gasteiger partial charge in [0.25, 0.3) is 0 Å². The molecule has 10 nitrogen and oxygen atoms in total. The molecule has 0 aromatic rings. The Morgan fingerprint density at radius 3 is 1.22 bits per heavy atom. The van der Waals surface area contributed by atoms with Gasteiger partial charge >= 0.3 is 24.1 Å². The lowest BCUT2D eigenvalue weighted by molar-refractivity contribution is -0.145. The Bertz CT molecular complexity index is 863. The van der Waals surface area contributed by atoms with Crippen molar-refractivity contribution >= 4 is 24.1 Å². The molecule has 4 saturated carbocycles. The van der Waals surface area contributed by atoms with E-state index in [2.05, 4.69) is 17.2 Å². The second kappa shape index (κ2) is 22.7. The van der Waals surface area contributed by atoms with Crippen molar-refractivity contribution in [3.05, 3.63) is 12.7 Å². The molecule has 4 aliphatic carbocycles. The number of fused-ring (bicyclic) bond motifs is 2. The van der Waals surface area contributed by atoms with Gasteiger partial charge in [0, 0.05) is 25.6 Å². The third-order valence-electron chi connectivity index (χ3n) is 9.50. The van der Waals surface area contributed by atoms with Gasteiger partial charge in [0.2, 0.25) is 0 Å². The number of hydrogen-bond donors (Lipinski definition) is 2. The zero-order valence-corrected chi connectivity index (χ0v) is 28.2. The average molecular weight is 637 g/mol. The molecule has 10 heteroatoms. The van der Waals surface area contributed by atoms with E-state index in [4.69, 9.17) is 18.9 Å². The van der Waals surface area contributed by atoms with E-state index in [1.54, 1.807) is 39.0 Å². The summed E-state index contributed by atoms with van der Waals surface area (Å²) in [5.74, 6) is 3.62. The molecule has 0 unspecified atom stereocenters. The van der Waals surface area contributed by atoms with Crippen LogP contribution in [0.25, 0.3) is 0 Å². The lowest BCUT2D eigenvalue weighted by Gasteiger charge is -2.27. The zero-order chi connectivity index (χ0) is 32.9. The molecule has 0 saturated heterocycles. The van der Waals surface area contributed by atoms with Gasteiger partial charge in [0.15, 0.2) is 0 Å². The summed E-state index contributed by atoms with van der Waals surface area (Å²) in [6.07, 6.45) is 17.0. The van der Waals surface area contributed by atoms with Gasteiger partial charge < -0.3 is 29.6 Å². The summed E-state index contributed by atoms with van der Waals surface area (Å²) in [6, 6.07) is 0. The molecular formula is C35H60N2O8. The van der Waals surface area contributed by atoms with Gasteiger partial charge in [0.05, 0.1) is 26.4 Å². The van der Waals surface area contributed by atoms with Crippen molar-refractivity contribution in [1.29, 1.82) is 0 Å². The highest BCUT2D eigenvalue weighted by Gasteiger charge is 2.30. The van der Waals surface area contributed by atoms with Crippen molar-refractivity contribution in [3.63, 3.8) is 0 Å². The largest absolute Gasteiger partial charge is 0.465 e.